The molecule has 0 aliphatic carbocycles. The van der Waals surface area contributed by atoms with Gasteiger partial charge in [0, 0.05) is 12.6 Å². The average Bonchev–Trinajstić information content (AvgIpc) is 2.44. The van der Waals surface area contributed by atoms with Gasteiger partial charge in [0.2, 0.25) is 0 Å². The van der Waals surface area contributed by atoms with Crippen LogP contribution < -0.4 is 5.32 Å². The highest BCUT2D eigenvalue weighted by atomic mass is 15.2. The molecule has 0 bridgehead atoms. The summed E-state index contributed by atoms with van der Waals surface area (Å²) >= 11 is 0. The van der Waals surface area contributed by atoms with Crippen LogP contribution in [0.4, 0.5) is 0 Å². The molecule has 0 aromatic heterocycles. The number of hydrogen-bond acceptors (Lipinski definition) is 2. The van der Waals surface area contributed by atoms with Gasteiger partial charge in [0.1, 0.15) is 0 Å². The Labute approximate surface area is 121 Å². The summed E-state index contributed by atoms with van der Waals surface area (Å²) in [6.07, 6.45) is 6.61. The lowest BCUT2D eigenvalue weighted by Gasteiger charge is -2.41. The second kappa shape index (κ2) is 8.26. The fraction of sp³-hybridized carbons (Fsp3) is 1.00. The van der Waals surface area contributed by atoms with Crippen molar-refractivity contribution >= 4 is 0 Å². The summed E-state index contributed by atoms with van der Waals surface area (Å²) < 4.78 is 0. The van der Waals surface area contributed by atoms with Crippen LogP contribution in [0.1, 0.15) is 66.7 Å². The molecule has 0 aromatic carbocycles. The molecule has 1 saturated heterocycles. The van der Waals surface area contributed by atoms with Gasteiger partial charge < -0.3 is 10.2 Å². The molecule has 0 amide bonds. The first-order valence-electron chi connectivity index (χ1n) is 8.50. The molecular weight excluding hydrogens is 232 g/mol. The second-order valence-corrected chi connectivity index (χ2v) is 6.91. The fourth-order valence-corrected chi connectivity index (χ4v) is 2.97. The van der Waals surface area contributed by atoms with E-state index in [0.717, 1.165) is 12.5 Å². The number of likely N-dealkylation sites (tertiary alicyclic amines) is 1. The SMILES string of the molecule is CCCNC(CN1CCC(C)(CC)CC1)C(C)CC. The van der Waals surface area contributed by atoms with Crippen LogP contribution >= 0.6 is 0 Å². The van der Waals surface area contributed by atoms with E-state index < -0.39 is 0 Å². The highest BCUT2D eigenvalue weighted by Crippen LogP contribution is 2.34. The minimum absolute atomic E-state index is 0.610. The van der Waals surface area contributed by atoms with Crippen molar-refractivity contribution in [3.8, 4) is 0 Å². The van der Waals surface area contributed by atoms with Crippen molar-refractivity contribution in [3.63, 3.8) is 0 Å². The molecule has 1 aliphatic rings. The summed E-state index contributed by atoms with van der Waals surface area (Å²) in [7, 11) is 0. The molecule has 2 atom stereocenters. The zero-order chi connectivity index (χ0) is 14.3. The smallest absolute Gasteiger partial charge is 0.0220 e. The molecule has 2 unspecified atom stereocenters. The lowest BCUT2D eigenvalue weighted by atomic mass is 9.78. The standard InChI is InChI=1S/C17H36N2/c1-6-11-18-16(15(4)7-2)14-19-12-9-17(5,8-3)10-13-19/h15-16,18H,6-14H2,1-5H3. The van der Waals surface area contributed by atoms with E-state index in [4.69, 9.17) is 0 Å². The maximum atomic E-state index is 3.76. The molecule has 1 fully saturated rings. The van der Waals surface area contributed by atoms with Gasteiger partial charge in [-0.2, -0.15) is 0 Å². The summed E-state index contributed by atoms with van der Waals surface area (Å²) in [4.78, 5) is 2.69. The van der Waals surface area contributed by atoms with Gasteiger partial charge in [-0.15, -0.1) is 0 Å². The predicted molar refractivity (Wildman–Crippen MR) is 85.6 cm³/mol. The zero-order valence-corrected chi connectivity index (χ0v) is 14.0. The topological polar surface area (TPSA) is 15.3 Å². The van der Waals surface area contributed by atoms with Crippen molar-refractivity contribution in [2.75, 3.05) is 26.2 Å². The van der Waals surface area contributed by atoms with E-state index in [2.05, 4.69) is 44.8 Å². The Bertz CT molecular complexity index is 231. The van der Waals surface area contributed by atoms with Crippen LogP contribution in [0, 0.1) is 11.3 Å². The Balaban J connectivity index is 2.42. The van der Waals surface area contributed by atoms with E-state index in [1.165, 1.54) is 51.7 Å². The monoisotopic (exact) mass is 268 g/mol. The van der Waals surface area contributed by atoms with Crippen LogP contribution in [0.3, 0.4) is 0 Å². The van der Waals surface area contributed by atoms with Gasteiger partial charge in [0.05, 0.1) is 0 Å². The number of nitrogens with one attached hydrogen (secondary N) is 1. The summed E-state index contributed by atoms with van der Waals surface area (Å²) in [5.74, 6) is 0.783. The molecule has 0 aromatic rings. The third-order valence-corrected chi connectivity index (χ3v) is 5.36. The van der Waals surface area contributed by atoms with Crippen molar-refractivity contribution < 1.29 is 0 Å². The highest BCUT2D eigenvalue weighted by Gasteiger charge is 2.29. The highest BCUT2D eigenvalue weighted by molar-refractivity contribution is 4.84. The Hall–Kier alpha value is -0.0800. The van der Waals surface area contributed by atoms with E-state index in [9.17, 15) is 0 Å². The average molecular weight is 268 g/mol. The van der Waals surface area contributed by atoms with E-state index >= 15 is 0 Å². The van der Waals surface area contributed by atoms with Crippen molar-refractivity contribution in [2.24, 2.45) is 11.3 Å². The minimum Gasteiger partial charge on any atom is -0.312 e. The third kappa shape index (κ3) is 5.43. The number of hydrogen-bond donors (Lipinski definition) is 1. The van der Waals surface area contributed by atoms with Crippen LogP contribution in [0.25, 0.3) is 0 Å². The Morgan fingerprint density at radius 2 is 1.79 bits per heavy atom. The van der Waals surface area contributed by atoms with Crippen LogP contribution in [0.5, 0.6) is 0 Å². The lowest BCUT2D eigenvalue weighted by molar-refractivity contribution is 0.0989. The first kappa shape index (κ1) is 17.0. The van der Waals surface area contributed by atoms with E-state index in [1.54, 1.807) is 0 Å². The van der Waals surface area contributed by atoms with Gasteiger partial charge in [0.15, 0.2) is 0 Å². The van der Waals surface area contributed by atoms with Gasteiger partial charge >= 0.3 is 0 Å². The Morgan fingerprint density at radius 1 is 1.16 bits per heavy atom. The molecule has 2 nitrogen and oxygen atoms in total. The lowest BCUT2D eigenvalue weighted by Crippen LogP contribution is -2.48. The largest absolute Gasteiger partial charge is 0.312 e. The maximum absolute atomic E-state index is 3.76. The molecule has 0 radical (unpaired) electrons. The molecule has 19 heavy (non-hydrogen) atoms. The number of rotatable bonds is 8. The van der Waals surface area contributed by atoms with Gasteiger partial charge in [0.25, 0.3) is 0 Å². The molecule has 0 spiro atoms. The normalized spacial score (nSPS) is 23.2. The van der Waals surface area contributed by atoms with Gasteiger partial charge in [-0.3, -0.25) is 0 Å². The summed E-state index contributed by atoms with van der Waals surface area (Å²) in [6, 6.07) is 0.677. The quantitative estimate of drug-likeness (QED) is 0.718. The fourth-order valence-electron chi connectivity index (χ4n) is 2.97. The molecular formula is C17H36N2. The van der Waals surface area contributed by atoms with Crippen molar-refractivity contribution in [3.05, 3.63) is 0 Å². The molecule has 2 heteroatoms. The van der Waals surface area contributed by atoms with Crippen LogP contribution in [-0.4, -0.2) is 37.1 Å². The Kier molecular flexibility index (Phi) is 7.38. The van der Waals surface area contributed by atoms with Gasteiger partial charge in [-0.25, -0.2) is 0 Å². The first-order chi connectivity index (χ1) is 9.04. The van der Waals surface area contributed by atoms with Crippen molar-refractivity contribution in [1.82, 2.24) is 10.2 Å². The van der Waals surface area contributed by atoms with Crippen LogP contribution in [0.2, 0.25) is 0 Å². The van der Waals surface area contributed by atoms with Crippen LogP contribution in [0.15, 0.2) is 0 Å². The molecule has 1 heterocycles. The van der Waals surface area contributed by atoms with Crippen LogP contribution in [-0.2, 0) is 0 Å². The molecule has 114 valence electrons. The zero-order valence-electron chi connectivity index (χ0n) is 14.0. The Morgan fingerprint density at radius 3 is 2.26 bits per heavy atom. The first-order valence-corrected chi connectivity index (χ1v) is 8.50. The van der Waals surface area contributed by atoms with E-state index in [0.29, 0.717) is 11.5 Å². The number of nitrogens with zero attached hydrogens (tertiary/aromatic N) is 1. The van der Waals surface area contributed by atoms with Crippen molar-refractivity contribution in [2.45, 2.75) is 72.8 Å². The summed E-state index contributed by atoms with van der Waals surface area (Å²) in [5, 5.41) is 3.76. The van der Waals surface area contributed by atoms with Gasteiger partial charge in [-0.1, -0.05) is 47.5 Å². The van der Waals surface area contributed by atoms with Gasteiger partial charge in [-0.05, 0) is 50.2 Å². The predicted octanol–water partition coefficient (Wildman–Crippen LogP) is 3.91. The minimum atomic E-state index is 0.610. The van der Waals surface area contributed by atoms with Crippen molar-refractivity contribution in [1.29, 1.82) is 0 Å². The molecule has 0 saturated carbocycles. The second-order valence-electron chi connectivity index (χ2n) is 6.91. The van der Waals surface area contributed by atoms with E-state index in [1.807, 2.05) is 0 Å². The van der Waals surface area contributed by atoms with E-state index in [-0.39, 0.29) is 0 Å². The molecule has 1 N–H and O–H groups in total. The maximum Gasteiger partial charge on any atom is 0.0220 e. The molecule has 1 rings (SSSR count). The third-order valence-electron chi connectivity index (χ3n) is 5.36. The molecule has 1 aliphatic heterocycles. The number of piperidine rings is 1. The summed E-state index contributed by atoms with van der Waals surface area (Å²) in [6.45, 7) is 16.8. The summed E-state index contributed by atoms with van der Waals surface area (Å²) in [5.41, 5.74) is 0.610.